The molecule has 0 saturated carbocycles. The van der Waals surface area contributed by atoms with Gasteiger partial charge in [0, 0.05) is 6.54 Å². The highest BCUT2D eigenvalue weighted by Gasteiger charge is 2.03. The number of ether oxygens (including phenoxy) is 1. The van der Waals surface area contributed by atoms with Gasteiger partial charge in [-0.3, -0.25) is 0 Å². The summed E-state index contributed by atoms with van der Waals surface area (Å²) in [6.45, 7) is 8.28. The SMILES string of the molecule is C#CCNCCOc1cc(C)cc(C)c1C. The number of hydrogen-bond donors (Lipinski definition) is 1. The van der Waals surface area contributed by atoms with Crippen LogP contribution in [0.4, 0.5) is 0 Å². The van der Waals surface area contributed by atoms with E-state index in [2.05, 4.69) is 44.1 Å². The van der Waals surface area contributed by atoms with E-state index in [1.54, 1.807) is 0 Å². The summed E-state index contributed by atoms with van der Waals surface area (Å²) in [5, 5.41) is 3.09. The van der Waals surface area contributed by atoms with Gasteiger partial charge in [0.2, 0.25) is 0 Å². The van der Waals surface area contributed by atoms with Crippen molar-refractivity contribution in [1.29, 1.82) is 0 Å². The third-order valence-electron chi connectivity index (χ3n) is 2.53. The molecule has 86 valence electrons. The number of aryl methyl sites for hydroxylation is 2. The van der Waals surface area contributed by atoms with Crippen LogP contribution in [0.25, 0.3) is 0 Å². The fourth-order valence-corrected chi connectivity index (χ4v) is 1.54. The van der Waals surface area contributed by atoms with E-state index in [-0.39, 0.29) is 0 Å². The molecule has 0 bridgehead atoms. The second-order valence-electron chi connectivity index (χ2n) is 3.93. The Kier molecular flexibility index (Phi) is 4.88. The maximum absolute atomic E-state index is 5.71. The Balaban J connectivity index is 2.51. The topological polar surface area (TPSA) is 21.3 Å². The zero-order valence-corrected chi connectivity index (χ0v) is 10.3. The van der Waals surface area contributed by atoms with Gasteiger partial charge in [0.1, 0.15) is 12.4 Å². The Hall–Kier alpha value is -1.46. The van der Waals surface area contributed by atoms with Gasteiger partial charge in [-0.05, 0) is 43.5 Å². The van der Waals surface area contributed by atoms with Gasteiger partial charge in [0.15, 0.2) is 0 Å². The summed E-state index contributed by atoms with van der Waals surface area (Å²) in [6.07, 6.45) is 5.13. The van der Waals surface area contributed by atoms with Gasteiger partial charge in [0.25, 0.3) is 0 Å². The number of terminal acetylenes is 1. The Morgan fingerprint density at radius 2 is 2.06 bits per heavy atom. The summed E-state index contributed by atoms with van der Waals surface area (Å²) in [5.41, 5.74) is 3.71. The first kappa shape index (κ1) is 12.6. The summed E-state index contributed by atoms with van der Waals surface area (Å²) >= 11 is 0. The minimum absolute atomic E-state index is 0.592. The maximum atomic E-state index is 5.71. The Morgan fingerprint density at radius 1 is 1.31 bits per heavy atom. The van der Waals surface area contributed by atoms with Crippen LogP contribution < -0.4 is 10.1 Å². The molecule has 0 fully saturated rings. The van der Waals surface area contributed by atoms with Crippen LogP contribution in [-0.4, -0.2) is 19.7 Å². The van der Waals surface area contributed by atoms with Crippen LogP contribution in [0.15, 0.2) is 12.1 Å². The van der Waals surface area contributed by atoms with Gasteiger partial charge in [-0.15, -0.1) is 6.42 Å². The van der Waals surface area contributed by atoms with E-state index in [1.807, 2.05) is 0 Å². The largest absolute Gasteiger partial charge is 0.492 e. The van der Waals surface area contributed by atoms with E-state index in [0.29, 0.717) is 13.2 Å². The Labute approximate surface area is 98.0 Å². The normalized spacial score (nSPS) is 9.88. The minimum atomic E-state index is 0.592. The van der Waals surface area contributed by atoms with Crippen LogP contribution in [0, 0.1) is 33.1 Å². The van der Waals surface area contributed by atoms with Crippen LogP contribution in [0.2, 0.25) is 0 Å². The molecule has 1 N–H and O–H groups in total. The quantitative estimate of drug-likeness (QED) is 0.603. The predicted octanol–water partition coefficient (Wildman–Crippen LogP) is 2.21. The molecule has 0 unspecified atom stereocenters. The lowest BCUT2D eigenvalue weighted by atomic mass is 10.1. The van der Waals surface area contributed by atoms with Gasteiger partial charge in [-0.25, -0.2) is 0 Å². The second kappa shape index (κ2) is 6.19. The van der Waals surface area contributed by atoms with Gasteiger partial charge < -0.3 is 10.1 Å². The third-order valence-corrected chi connectivity index (χ3v) is 2.53. The van der Waals surface area contributed by atoms with Crippen molar-refractivity contribution in [3.63, 3.8) is 0 Å². The van der Waals surface area contributed by atoms with Crippen molar-refractivity contribution in [3.8, 4) is 18.1 Å². The lowest BCUT2D eigenvalue weighted by Gasteiger charge is -2.12. The Morgan fingerprint density at radius 3 is 2.75 bits per heavy atom. The number of hydrogen-bond acceptors (Lipinski definition) is 2. The molecule has 16 heavy (non-hydrogen) atoms. The van der Waals surface area contributed by atoms with Gasteiger partial charge in [0.05, 0.1) is 6.54 Å². The summed E-state index contributed by atoms with van der Waals surface area (Å²) < 4.78 is 5.71. The predicted molar refractivity (Wildman–Crippen MR) is 67.9 cm³/mol. The number of rotatable bonds is 5. The maximum Gasteiger partial charge on any atom is 0.122 e. The van der Waals surface area contributed by atoms with Crippen molar-refractivity contribution >= 4 is 0 Å². The molecule has 2 nitrogen and oxygen atoms in total. The van der Waals surface area contributed by atoms with Crippen LogP contribution in [0.3, 0.4) is 0 Å². The fourth-order valence-electron chi connectivity index (χ4n) is 1.54. The monoisotopic (exact) mass is 217 g/mol. The molecule has 0 atom stereocenters. The van der Waals surface area contributed by atoms with E-state index >= 15 is 0 Å². The molecule has 2 heteroatoms. The first-order valence-corrected chi connectivity index (χ1v) is 5.50. The van der Waals surface area contributed by atoms with Gasteiger partial charge in [-0.1, -0.05) is 12.0 Å². The molecule has 0 aromatic heterocycles. The second-order valence-corrected chi connectivity index (χ2v) is 3.93. The van der Waals surface area contributed by atoms with Gasteiger partial charge in [-0.2, -0.15) is 0 Å². The van der Waals surface area contributed by atoms with E-state index < -0.39 is 0 Å². The van der Waals surface area contributed by atoms with E-state index in [1.165, 1.54) is 16.7 Å². The molecule has 0 aliphatic rings. The highest BCUT2D eigenvalue weighted by molar-refractivity contribution is 5.41. The zero-order chi connectivity index (χ0) is 12.0. The summed E-state index contributed by atoms with van der Waals surface area (Å²) in [5.74, 6) is 3.50. The molecule has 1 aromatic rings. The molecule has 0 aliphatic carbocycles. The van der Waals surface area contributed by atoms with Crippen molar-refractivity contribution in [1.82, 2.24) is 5.32 Å². The first-order valence-electron chi connectivity index (χ1n) is 5.50. The molecular weight excluding hydrogens is 198 g/mol. The summed E-state index contributed by atoms with van der Waals surface area (Å²) in [7, 11) is 0. The van der Waals surface area contributed by atoms with Crippen LogP contribution in [-0.2, 0) is 0 Å². The van der Waals surface area contributed by atoms with Crippen LogP contribution in [0.5, 0.6) is 5.75 Å². The van der Waals surface area contributed by atoms with Crippen molar-refractivity contribution < 1.29 is 4.74 Å². The van der Waals surface area contributed by atoms with Crippen molar-refractivity contribution in [2.75, 3.05) is 19.7 Å². The van der Waals surface area contributed by atoms with Gasteiger partial charge >= 0.3 is 0 Å². The highest BCUT2D eigenvalue weighted by Crippen LogP contribution is 2.22. The highest BCUT2D eigenvalue weighted by atomic mass is 16.5. The average molecular weight is 217 g/mol. The van der Waals surface area contributed by atoms with Crippen molar-refractivity contribution in [2.45, 2.75) is 20.8 Å². The molecule has 0 spiro atoms. The first-order chi connectivity index (χ1) is 7.65. The minimum Gasteiger partial charge on any atom is -0.492 e. The standard InChI is InChI=1S/C14H19NO/c1-5-6-15-7-8-16-14-10-11(2)9-12(3)13(14)4/h1,9-10,15H,6-8H2,2-4H3. The average Bonchev–Trinajstić information content (AvgIpc) is 2.24. The van der Waals surface area contributed by atoms with E-state index in [4.69, 9.17) is 11.2 Å². The lowest BCUT2D eigenvalue weighted by molar-refractivity contribution is 0.314. The van der Waals surface area contributed by atoms with Crippen LogP contribution in [0.1, 0.15) is 16.7 Å². The molecule has 1 rings (SSSR count). The fraction of sp³-hybridized carbons (Fsp3) is 0.429. The molecule has 0 heterocycles. The summed E-state index contributed by atoms with van der Waals surface area (Å²) in [4.78, 5) is 0. The van der Waals surface area contributed by atoms with E-state index in [9.17, 15) is 0 Å². The molecule has 1 aromatic carbocycles. The number of benzene rings is 1. The zero-order valence-electron chi connectivity index (χ0n) is 10.3. The third kappa shape index (κ3) is 3.60. The summed E-state index contributed by atoms with van der Waals surface area (Å²) in [6, 6.07) is 4.24. The Bertz CT molecular complexity index is 390. The molecule has 0 radical (unpaired) electrons. The van der Waals surface area contributed by atoms with Crippen molar-refractivity contribution in [3.05, 3.63) is 28.8 Å². The lowest BCUT2D eigenvalue weighted by Crippen LogP contribution is -2.21. The van der Waals surface area contributed by atoms with Crippen LogP contribution >= 0.6 is 0 Å². The molecule has 0 amide bonds. The smallest absolute Gasteiger partial charge is 0.122 e. The molecule has 0 saturated heterocycles. The number of nitrogens with one attached hydrogen (secondary N) is 1. The molecule has 0 aliphatic heterocycles. The van der Waals surface area contributed by atoms with E-state index in [0.717, 1.165) is 12.3 Å². The molecular formula is C14H19NO. The van der Waals surface area contributed by atoms with Crippen molar-refractivity contribution in [2.24, 2.45) is 0 Å².